The van der Waals surface area contributed by atoms with Gasteiger partial charge in [0, 0.05) is 25.5 Å². The lowest BCUT2D eigenvalue weighted by Crippen LogP contribution is -2.61. The fourth-order valence-corrected chi connectivity index (χ4v) is 11.3. The molecule has 4 rings (SSSR count). The van der Waals surface area contributed by atoms with Crippen molar-refractivity contribution in [1.29, 1.82) is 0 Å². The number of rotatable bonds is 35. The molecule has 0 bridgehead atoms. The van der Waals surface area contributed by atoms with Crippen LogP contribution in [-0.2, 0) is 72.1 Å². The fourth-order valence-electron chi connectivity index (χ4n) is 11.3. The summed E-state index contributed by atoms with van der Waals surface area (Å²) in [4.78, 5) is 161. The van der Waals surface area contributed by atoms with Crippen molar-refractivity contribution in [2.75, 3.05) is 39.3 Å². The summed E-state index contributed by atoms with van der Waals surface area (Å²) in [5.41, 5.74) is 42.9. The zero-order valence-corrected chi connectivity index (χ0v) is 57.8. The van der Waals surface area contributed by atoms with Crippen LogP contribution in [0.2, 0.25) is 0 Å². The maximum atomic E-state index is 15.1. The minimum Gasteiger partial charge on any atom is -0.370 e. The Morgan fingerprint density at radius 1 is 0.374 bits per heavy atom. The monoisotopic (exact) mass is 1380 g/mol. The van der Waals surface area contributed by atoms with Gasteiger partial charge in [0.1, 0.15) is 60.4 Å². The lowest BCUT2D eigenvalue weighted by Gasteiger charge is -2.29. The van der Waals surface area contributed by atoms with Crippen LogP contribution in [0.25, 0.3) is 0 Å². The van der Waals surface area contributed by atoms with E-state index in [9.17, 15) is 47.9 Å². The molecule has 2 heterocycles. The first-order valence-electron chi connectivity index (χ1n) is 35.1. The molecule has 0 aliphatic carbocycles. The van der Waals surface area contributed by atoms with Crippen LogP contribution in [0.1, 0.15) is 166 Å². The van der Waals surface area contributed by atoms with Gasteiger partial charge < -0.3 is 93.3 Å². The predicted octanol–water partition coefficient (Wildman–Crippen LogP) is -1.94. The standard InChI is InChI=1S/C68H112N20O11/c1-44(2)39-55-66(97)82-54(31-32-58(75)89)65(96)79-48(25-9-15-33-69)59(90)78-53(30-14-20-38-74)64(95)85-57(41-47-43-88(87-86-47)42-46-23-7-4-8-24-46)68(99)81-50(27-11-17-35-71)61(92)77-52(29-13-19-37-73)63(94)84-56(40-45-21-5-3-6-22-45)67(98)80-49(26-10-16-34-70)60(91)76-51(62(93)83-55)28-12-18-36-72/h3-8,21-24,43-44,48-57H,9-20,25-42,69-74H2,1-2H3,(H2,75,89)(H,76,91)(H,77,92)(H,78,90)(H,79,96)(H,80,98)(H,81,99)(H,82,97)(H,83,93)(H,84,94)(H,85,95)/t48-,49-,50-,51-,52-,53-,54-,55-,56-,57-/m0/s1. The molecule has 3 aromatic rings. The number of amides is 11. The normalized spacial score (nSPS) is 22.5. The highest BCUT2D eigenvalue weighted by Crippen LogP contribution is 2.16. The Labute approximate surface area is 581 Å². The molecule has 1 aliphatic heterocycles. The molecule has 99 heavy (non-hydrogen) atoms. The third kappa shape index (κ3) is 31.5. The molecule has 11 amide bonds. The molecule has 550 valence electrons. The van der Waals surface area contributed by atoms with E-state index < -0.39 is 132 Å². The third-order valence-corrected chi connectivity index (χ3v) is 16.9. The van der Waals surface area contributed by atoms with Crippen LogP contribution < -0.4 is 93.3 Å². The number of carbonyl (C=O) groups excluding carboxylic acids is 11. The van der Waals surface area contributed by atoms with E-state index in [-0.39, 0.29) is 115 Å². The second kappa shape index (κ2) is 46.7. The summed E-state index contributed by atoms with van der Waals surface area (Å²) in [6.07, 6.45) is 5.02. The van der Waals surface area contributed by atoms with Crippen molar-refractivity contribution in [3.05, 3.63) is 83.7 Å². The van der Waals surface area contributed by atoms with E-state index in [0.29, 0.717) is 89.2 Å². The molecule has 0 unspecified atom stereocenters. The summed E-state index contributed by atoms with van der Waals surface area (Å²) < 4.78 is 1.55. The smallest absolute Gasteiger partial charge is 0.243 e. The molecule has 0 spiro atoms. The average Bonchev–Trinajstić information content (AvgIpc) is 1.61. The van der Waals surface area contributed by atoms with Crippen LogP contribution in [0.3, 0.4) is 0 Å². The van der Waals surface area contributed by atoms with Gasteiger partial charge in [0.05, 0.1) is 12.2 Å². The van der Waals surface area contributed by atoms with Crippen molar-refractivity contribution >= 4 is 65.0 Å². The van der Waals surface area contributed by atoms with Crippen molar-refractivity contribution in [3.8, 4) is 0 Å². The van der Waals surface area contributed by atoms with Gasteiger partial charge >= 0.3 is 0 Å². The number of nitrogens with zero attached hydrogens (tertiary/aromatic N) is 3. The highest BCUT2D eigenvalue weighted by Gasteiger charge is 2.38. The van der Waals surface area contributed by atoms with E-state index >= 15 is 4.79 Å². The Morgan fingerprint density at radius 2 is 0.646 bits per heavy atom. The number of nitrogens with two attached hydrogens (primary N) is 7. The van der Waals surface area contributed by atoms with E-state index in [1.807, 2.05) is 30.3 Å². The first-order chi connectivity index (χ1) is 47.6. The second-order valence-corrected chi connectivity index (χ2v) is 25.7. The molecule has 10 atom stereocenters. The zero-order chi connectivity index (χ0) is 72.5. The number of benzene rings is 2. The summed E-state index contributed by atoms with van der Waals surface area (Å²) in [7, 11) is 0. The van der Waals surface area contributed by atoms with Crippen molar-refractivity contribution in [2.24, 2.45) is 46.1 Å². The maximum Gasteiger partial charge on any atom is 0.243 e. The van der Waals surface area contributed by atoms with Crippen LogP contribution in [0, 0.1) is 5.92 Å². The van der Waals surface area contributed by atoms with Crippen molar-refractivity contribution < 1.29 is 52.7 Å². The summed E-state index contributed by atoms with van der Waals surface area (Å²) in [5, 5.41) is 36.5. The van der Waals surface area contributed by atoms with Crippen LogP contribution in [0.5, 0.6) is 0 Å². The highest BCUT2D eigenvalue weighted by atomic mass is 16.2. The lowest BCUT2D eigenvalue weighted by molar-refractivity contribution is -0.137. The second-order valence-electron chi connectivity index (χ2n) is 25.7. The van der Waals surface area contributed by atoms with Gasteiger partial charge in [0.15, 0.2) is 0 Å². The predicted molar refractivity (Wildman–Crippen MR) is 374 cm³/mol. The largest absolute Gasteiger partial charge is 0.370 e. The molecule has 31 nitrogen and oxygen atoms in total. The molecule has 31 heteroatoms. The summed E-state index contributed by atoms with van der Waals surface area (Å²) in [6, 6.07) is 4.25. The van der Waals surface area contributed by atoms with Crippen molar-refractivity contribution in [1.82, 2.24) is 68.2 Å². The van der Waals surface area contributed by atoms with Crippen LogP contribution >= 0.6 is 0 Å². The summed E-state index contributed by atoms with van der Waals surface area (Å²) >= 11 is 0. The Balaban J connectivity index is 1.96. The van der Waals surface area contributed by atoms with E-state index in [2.05, 4.69) is 63.5 Å². The van der Waals surface area contributed by atoms with Gasteiger partial charge in [-0.05, 0) is 185 Å². The third-order valence-electron chi connectivity index (χ3n) is 16.9. The quantitative estimate of drug-likeness (QED) is 0.0285. The topological polar surface area (TPSA) is 521 Å². The summed E-state index contributed by atoms with van der Waals surface area (Å²) in [6.45, 7) is 5.29. The van der Waals surface area contributed by atoms with Gasteiger partial charge in [-0.25, -0.2) is 4.68 Å². The molecule has 0 radical (unpaired) electrons. The van der Waals surface area contributed by atoms with Gasteiger partial charge in [-0.1, -0.05) is 79.7 Å². The number of hydrogen-bond donors (Lipinski definition) is 17. The van der Waals surface area contributed by atoms with Gasteiger partial charge in [-0.3, -0.25) is 52.7 Å². The molecule has 24 N–H and O–H groups in total. The van der Waals surface area contributed by atoms with Crippen LogP contribution in [0.4, 0.5) is 0 Å². The number of nitrogens with one attached hydrogen (secondary N) is 10. The molecule has 2 aromatic carbocycles. The lowest BCUT2D eigenvalue weighted by atomic mass is 10.00. The van der Waals surface area contributed by atoms with E-state index in [4.69, 9.17) is 40.1 Å². The molecule has 0 saturated carbocycles. The minimum atomic E-state index is -1.54. The van der Waals surface area contributed by atoms with Crippen molar-refractivity contribution in [2.45, 2.75) is 228 Å². The molecule has 1 aromatic heterocycles. The molecule has 1 saturated heterocycles. The first kappa shape index (κ1) is 82.9. The minimum absolute atomic E-state index is 0.00263. The SMILES string of the molecule is CC(C)C[C@@H]1NC(=O)[C@H](CCCCN)NC(=O)[C@H](CCCCN)NC(=O)[C@H](Cc2ccccc2)NC(=O)[C@H](CCCCN)NC(=O)[C@H](CCCCN)NC(=O)[C@H](Cc2cn(Cc3ccccc3)nn2)NC(=O)[C@H](CCCCN)NC(=O)[C@H](CCCCN)NC(=O)[C@H](CCC(N)=O)NC1=O. The Morgan fingerprint density at radius 3 is 0.960 bits per heavy atom. The van der Waals surface area contributed by atoms with E-state index in [0.717, 1.165) is 5.56 Å². The fraction of sp³-hybridized carbons (Fsp3) is 0.632. The average molecular weight is 1390 g/mol. The first-order valence-corrected chi connectivity index (χ1v) is 35.1. The van der Waals surface area contributed by atoms with E-state index in [1.165, 1.54) is 0 Å². The van der Waals surface area contributed by atoms with Gasteiger partial charge in [-0.15, -0.1) is 5.10 Å². The van der Waals surface area contributed by atoms with Crippen molar-refractivity contribution in [3.63, 3.8) is 0 Å². The van der Waals surface area contributed by atoms with E-state index in [1.54, 1.807) is 55.1 Å². The molecular formula is C68H112N20O11. The Hall–Kier alpha value is -8.49. The van der Waals surface area contributed by atoms with Gasteiger partial charge in [0.25, 0.3) is 0 Å². The maximum absolute atomic E-state index is 15.1. The number of carbonyl (C=O) groups is 11. The number of hydrogen-bond acceptors (Lipinski definition) is 19. The molecular weight excluding hydrogens is 1270 g/mol. The number of unbranched alkanes of at least 4 members (excludes halogenated alkanes) is 6. The summed E-state index contributed by atoms with van der Waals surface area (Å²) in [5.74, 6) is -9.30. The highest BCUT2D eigenvalue weighted by molar-refractivity contribution is 5.99. The van der Waals surface area contributed by atoms with Crippen LogP contribution in [-0.4, -0.2) is 180 Å². The molecule has 1 aliphatic rings. The Bertz CT molecular complexity index is 2980. The van der Waals surface area contributed by atoms with Crippen LogP contribution in [0.15, 0.2) is 66.9 Å². The number of aromatic nitrogens is 3. The zero-order valence-electron chi connectivity index (χ0n) is 57.8. The van der Waals surface area contributed by atoms with Gasteiger partial charge in [0.2, 0.25) is 65.0 Å². The van der Waals surface area contributed by atoms with Gasteiger partial charge in [-0.2, -0.15) is 0 Å². The number of primary amides is 1. The Kier molecular flexibility index (Phi) is 39.1. The molecule has 1 fully saturated rings.